The van der Waals surface area contributed by atoms with Crippen LogP contribution in [0, 0.1) is 5.82 Å². The SMILES string of the molecule is O=S(=O)(c1ccccc1F)N1CCC(c2ccc3c(c2)OCO3)C1. The van der Waals surface area contributed by atoms with E-state index in [0.717, 1.165) is 11.6 Å². The molecule has 0 radical (unpaired) electrons. The second-order valence-electron chi connectivity index (χ2n) is 5.89. The van der Waals surface area contributed by atoms with E-state index in [1.165, 1.54) is 22.5 Å². The maximum Gasteiger partial charge on any atom is 0.246 e. The van der Waals surface area contributed by atoms with Crippen LogP contribution in [0.3, 0.4) is 0 Å². The standard InChI is InChI=1S/C17H16FNO4S/c18-14-3-1-2-4-17(14)24(20,21)19-8-7-13(10-19)12-5-6-15-16(9-12)23-11-22-15/h1-6,9,13H,7-8,10-11H2. The zero-order valence-corrected chi connectivity index (χ0v) is 13.6. The molecular weight excluding hydrogens is 333 g/mol. The van der Waals surface area contributed by atoms with Gasteiger partial charge in [-0.25, -0.2) is 12.8 Å². The van der Waals surface area contributed by atoms with E-state index in [1.54, 1.807) is 0 Å². The Morgan fingerprint density at radius 3 is 2.71 bits per heavy atom. The van der Waals surface area contributed by atoms with Crippen molar-refractivity contribution in [3.63, 3.8) is 0 Å². The average Bonchev–Trinajstić information content (AvgIpc) is 3.24. The van der Waals surface area contributed by atoms with E-state index >= 15 is 0 Å². The highest BCUT2D eigenvalue weighted by Gasteiger charge is 2.35. The number of fused-ring (bicyclic) bond motifs is 1. The van der Waals surface area contributed by atoms with Crippen LogP contribution in [-0.2, 0) is 10.0 Å². The molecule has 5 nitrogen and oxygen atoms in total. The first kappa shape index (κ1) is 15.4. The molecule has 1 atom stereocenters. The van der Waals surface area contributed by atoms with Crippen LogP contribution in [0.2, 0.25) is 0 Å². The van der Waals surface area contributed by atoms with E-state index in [1.807, 2.05) is 18.2 Å². The Kier molecular flexibility index (Phi) is 3.69. The van der Waals surface area contributed by atoms with Gasteiger partial charge < -0.3 is 9.47 Å². The van der Waals surface area contributed by atoms with Crippen LogP contribution in [0.15, 0.2) is 47.4 Å². The smallest absolute Gasteiger partial charge is 0.246 e. The summed E-state index contributed by atoms with van der Waals surface area (Å²) < 4.78 is 51.2. The lowest BCUT2D eigenvalue weighted by Gasteiger charge is -2.17. The molecular formula is C17H16FNO4S. The van der Waals surface area contributed by atoms with Gasteiger partial charge in [0.05, 0.1) is 0 Å². The molecule has 2 aliphatic heterocycles. The number of nitrogens with zero attached hydrogens (tertiary/aromatic N) is 1. The van der Waals surface area contributed by atoms with Gasteiger partial charge in [-0.2, -0.15) is 4.31 Å². The van der Waals surface area contributed by atoms with Crippen LogP contribution in [-0.4, -0.2) is 32.6 Å². The molecule has 24 heavy (non-hydrogen) atoms. The summed E-state index contributed by atoms with van der Waals surface area (Å²) in [6.07, 6.45) is 0.688. The lowest BCUT2D eigenvalue weighted by molar-refractivity contribution is 0.174. The Bertz CT molecular complexity index is 884. The minimum absolute atomic E-state index is 0.0565. The van der Waals surface area contributed by atoms with Crippen LogP contribution in [0.5, 0.6) is 11.5 Å². The summed E-state index contributed by atoms with van der Waals surface area (Å²) in [5.41, 5.74) is 1.01. The van der Waals surface area contributed by atoms with Crippen molar-refractivity contribution in [1.29, 1.82) is 0 Å². The second kappa shape index (κ2) is 5.75. The Morgan fingerprint density at radius 2 is 1.88 bits per heavy atom. The maximum absolute atomic E-state index is 13.9. The third-order valence-electron chi connectivity index (χ3n) is 4.47. The van der Waals surface area contributed by atoms with Crippen molar-refractivity contribution in [1.82, 2.24) is 4.31 Å². The first-order valence-corrected chi connectivity index (χ1v) is 9.14. The molecule has 1 fully saturated rings. The number of halogens is 1. The summed E-state index contributed by atoms with van der Waals surface area (Å²) in [6.45, 7) is 0.906. The monoisotopic (exact) mass is 349 g/mol. The van der Waals surface area contributed by atoms with Gasteiger partial charge in [-0.15, -0.1) is 0 Å². The fraction of sp³-hybridized carbons (Fsp3) is 0.294. The fourth-order valence-electron chi connectivity index (χ4n) is 3.18. The highest BCUT2D eigenvalue weighted by molar-refractivity contribution is 7.89. The van der Waals surface area contributed by atoms with Gasteiger partial charge in [-0.1, -0.05) is 18.2 Å². The highest BCUT2D eigenvalue weighted by Crippen LogP contribution is 2.38. The fourth-order valence-corrected chi connectivity index (χ4v) is 4.74. The molecule has 126 valence electrons. The van der Waals surface area contributed by atoms with E-state index in [9.17, 15) is 12.8 Å². The first-order valence-electron chi connectivity index (χ1n) is 7.70. The van der Waals surface area contributed by atoms with E-state index < -0.39 is 15.8 Å². The highest BCUT2D eigenvalue weighted by atomic mass is 32.2. The van der Waals surface area contributed by atoms with E-state index in [2.05, 4.69) is 0 Å². The lowest BCUT2D eigenvalue weighted by Crippen LogP contribution is -2.29. The van der Waals surface area contributed by atoms with Crippen molar-refractivity contribution in [2.45, 2.75) is 17.2 Å². The summed E-state index contributed by atoms with van der Waals surface area (Å²) in [5.74, 6) is 0.723. The van der Waals surface area contributed by atoms with Gasteiger partial charge in [0, 0.05) is 13.1 Å². The van der Waals surface area contributed by atoms with Crippen molar-refractivity contribution in [2.75, 3.05) is 19.9 Å². The van der Waals surface area contributed by atoms with Gasteiger partial charge in [0.2, 0.25) is 16.8 Å². The third kappa shape index (κ3) is 2.53. The van der Waals surface area contributed by atoms with E-state index in [0.29, 0.717) is 31.0 Å². The molecule has 0 N–H and O–H groups in total. The predicted molar refractivity (Wildman–Crippen MR) is 85.1 cm³/mol. The molecule has 0 spiro atoms. The van der Waals surface area contributed by atoms with Gasteiger partial charge in [-0.3, -0.25) is 0 Å². The molecule has 0 aliphatic carbocycles. The van der Waals surface area contributed by atoms with Gasteiger partial charge in [0.1, 0.15) is 10.7 Å². The van der Waals surface area contributed by atoms with Crippen LogP contribution < -0.4 is 9.47 Å². The van der Waals surface area contributed by atoms with Crippen molar-refractivity contribution in [3.05, 3.63) is 53.8 Å². The summed E-state index contributed by atoms with van der Waals surface area (Å²) in [5, 5.41) is 0. The Morgan fingerprint density at radius 1 is 1.08 bits per heavy atom. The molecule has 1 saturated heterocycles. The van der Waals surface area contributed by atoms with Crippen LogP contribution in [0.25, 0.3) is 0 Å². The quantitative estimate of drug-likeness (QED) is 0.855. The van der Waals surface area contributed by atoms with Crippen LogP contribution in [0.4, 0.5) is 4.39 Å². The Balaban J connectivity index is 1.57. The summed E-state index contributed by atoms with van der Waals surface area (Å²) in [6, 6.07) is 11.1. The molecule has 0 bridgehead atoms. The summed E-state index contributed by atoms with van der Waals surface area (Å²) >= 11 is 0. The molecule has 7 heteroatoms. The Hall–Kier alpha value is -2.12. The maximum atomic E-state index is 13.9. The Labute approximate surface area is 139 Å². The molecule has 4 rings (SSSR count). The van der Waals surface area contributed by atoms with E-state index in [-0.39, 0.29) is 17.6 Å². The first-order chi connectivity index (χ1) is 11.6. The molecule has 2 heterocycles. The van der Waals surface area contributed by atoms with Crippen molar-refractivity contribution >= 4 is 10.0 Å². The average molecular weight is 349 g/mol. The normalized spacial score (nSPS) is 20.5. The summed E-state index contributed by atoms with van der Waals surface area (Å²) in [7, 11) is -3.82. The minimum atomic E-state index is -3.82. The van der Waals surface area contributed by atoms with Crippen molar-refractivity contribution in [3.8, 4) is 11.5 Å². The largest absolute Gasteiger partial charge is 0.454 e. The van der Waals surface area contributed by atoms with Crippen molar-refractivity contribution in [2.24, 2.45) is 0 Å². The van der Waals surface area contributed by atoms with Gasteiger partial charge in [0.15, 0.2) is 11.5 Å². The molecule has 0 saturated carbocycles. The lowest BCUT2D eigenvalue weighted by atomic mass is 9.98. The van der Waals surface area contributed by atoms with Gasteiger partial charge in [0.25, 0.3) is 0 Å². The molecule has 1 unspecified atom stereocenters. The molecule has 2 aliphatic rings. The molecule has 0 amide bonds. The molecule has 0 aromatic heterocycles. The number of sulfonamides is 1. The number of hydrogen-bond acceptors (Lipinski definition) is 4. The number of ether oxygens (including phenoxy) is 2. The topological polar surface area (TPSA) is 55.8 Å². The number of rotatable bonds is 3. The number of hydrogen-bond donors (Lipinski definition) is 0. The summed E-state index contributed by atoms with van der Waals surface area (Å²) in [4.78, 5) is -0.267. The number of benzene rings is 2. The predicted octanol–water partition coefficient (Wildman–Crippen LogP) is 2.73. The van der Waals surface area contributed by atoms with Crippen LogP contribution in [0.1, 0.15) is 17.9 Å². The van der Waals surface area contributed by atoms with Gasteiger partial charge >= 0.3 is 0 Å². The molecule has 2 aromatic rings. The van der Waals surface area contributed by atoms with E-state index in [4.69, 9.17) is 9.47 Å². The van der Waals surface area contributed by atoms with Crippen LogP contribution >= 0.6 is 0 Å². The zero-order valence-electron chi connectivity index (χ0n) is 12.8. The van der Waals surface area contributed by atoms with Crippen molar-refractivity contribution < 1.29 is 22.3 Å². The third-order valence-corrected chi connectivity index (χ3v) is 6.37. The minimum Gasteiger partial charge on any atom is -0.454 e. The molecule has 2 aromatic carbocycles. The second-order valence-corrected chi connectivity index (χ2v) is 7.80. The van der Waals surface area contributed by atoms with Gasteiger partial charge in [-0.05, 0) is 42.2 Å². The zero-order chi connectivity index (χ0) is 16.7.